The molecule has 0 aromatic heterocycles. The zero-order chi connectivity index (χ0) is 15.2. The lowest BCUT2D eigenvalue weighted by molar-refractivity contribution is 0.0548. The number of rotatable bonds is 3. The molecule has 4 nitrogen and oxygen atoms in total. The van der Waals surface area contributed by atoms with Crippen LogP contribution in [0.3, 0.4) is 0 Å². The smallest absolute Gasteiger partial charge is 0.324 e. The molecule has 0 aliphatic carbocycles. The van der Waals surface area contributed by atoms with Gasteiger partial charge in [-0.1, -0.05) is 48.5 Å². The van der Waals surface area contributed by atoms with Crippen LogP contribution in [-0.2, 0) is 11.3 Å². The van der Waals surface area contributed by atoms with Crippen LogP contribution in [0.2, 0.25) is 0 Å². The van der Waals surface area contributed by atoms with Gasteiger partial charge in [-0.25, -0.2) is 4.79 Å². The van der Waals surface area contributed by atoms with Crippen molar-refractivity contribution in [3.8, 4) is 0 Å². The second kappa shape index (κ2) is 7.09. The summed E-state index contributed by atoms with van der Waals surface area (Å²) in [5.41, 5.74) is 2.04. The zero-order valence-electron chi connectivity index (χ0n) is 12.5. The van der Waals surface area contributed by atoms with Gasteiger partial charge in [0.05, 0.1) is 19.8 Å². The number of carbonyl (C=O) groups excluding carboxylic acids is 1. The molecule has 22 heavy (non-hydrogen) atoms. The molecule has 2 aromatic carbocycles. The lowest BCUT2D eigenvalue weighted by Gasteiger charge is -2.33. The van der Waals surface area contributed by atoms with E-state index in [0.29, 0.717) is 32.8 Å². The molecule has 114 valence electrons. The number of carbonyl (C=O) groups is 1. The van der Waals surface area contributed by atoms with Crippen molar-refractivity contribution >= 4 is 11.7 Å². The molecule has 1 aliphatic rings. The van der Waals surface area contributed by atoms with Gasteiger partial charge in [0.15, 0.2) is 0 Å². The molecule has 2 aromatic rings. The minimum Gasteiger partial charge on any atom is -0.378 e. The normalized spacial score (nSPS) is 14.6. The third kappa shape index (κ3) is 3.46. The number of para-hydroxylation sites is 1. The van der Waals surface area contributed by atoms with Crippen molar-refractivity contribution < 1.29 is 9.53 Å². The molecular weight excluding hydrogens is 276 g/mol. The summed E-state index contributed by atoms with van der Waals surface area (Å²) in [5, 5.41) is 0. The zero-order valence-corrected chi connectivity index (χ0v) is 12.5. The number of ether oxygens (including phenoxy) is 1. The summed E-state index contributed by atoms with van der Waals surface area (Å²) in [5.74, 6) is 0. The second-order valence-electron chi connectivity index (χ2n) is 5.29. The first-order chi connectivity index (χ1) is 10.8. The van der Waals surface area contributed by atoms with Crippen molar-refractivity contribution in [2.75, 3.05) is 31.2 Å². The maximum atomic E-state index is 12.9. The van der Waals surface area contributed by atoms with Crippen LogP contribution in [0.1, 0.15) is 5.56 Å². The van der Waals surface area contributed by atoms with Gasteiger partial charge in [0.25, 0.3) is 0 Å². The Balaban J connectivity index is 1.84. The largest absolute Gasteiger partial charge is 0.378 e. The van der Waals surface area contributed by atoms with Gasteiger partial charge in [-0.3, -0.25) is 4.90 Å². The number of hydrogen-bond acceptors (Lipinski definition) is 2. The SMILES string of the molecule is O=C(N1CCOCC1)N(Cc1ccccc1)c1ccccc1. The molecule has 0 bridgehead atoms. The van der Waals surface area contributed by atoms with Gasteiger partial charge in [0.1, 0.15) is 0 Å². The molecule has 1 heterocycles. The van der Waals surface area contributed by atoms with Crippen LogP contribution in [-0.4, -0.2) is 37.2 Å². The van der Waals surface area contributed by atoms with Crippen LogP contribution >= 0.6 is 0 Å². The van der Waals surface area contributed by atoms with Crippen LogP contribution in [0.25, 0.3) is 0 Å². The van der Waals surface area contributed by atoms with Gasteiger partial charge >= 0.3 is 6.03 Å². The molecular formula is C18H20N2O2. The number of urea groups is 1. The minimum absolute atomic E-state index is 0.0401. The lowest BCUT2D eigenvalue weighted by atomic mass is 10.2. The number of morpholine rings is 1. The molecule has 1 aliphatic heterocycles. The Hall–Kier alpha value is -2.33. The van der Waals surface area contributed by atoms with Gasteiger partial charge < -0.3 is 9.64 Å². The summed E-state index contributed by atoms with van der Waals surface area (Å²) in [6, 6.07) is 19.9. The fourth-order valence-electron chi connectivity index (χ4n) is 2.57. The van der Waals surface area contributed by atoms with E-state index in [1.807, 2.05) is 70.5 Å². The van der Waals surface area contributed by atoms with E-state index >= 15 is 0 Å². The van der Waals surface area contributed by atoms with Gasteiger partial charge in [-0.05, 0) is 17.7 Å². The van der Waals surface area contributed by atoms with Crippen molar-refractivity contribution in [3.05, 3.63) is 66.2 Å². The maximum Gasteiger partial charge on any atom is 0.324 e. The average Bonchev–Trinajstić information content (AvgIpc) is 2.61. The van der Waals surface area contributed by atoms with E-state index in [-0.39, 0.29) is 6.03 Å². The topological polar surface area (TPSA) is 32.8 Å². The Morgan fingerprint density at radius 2 is 1.55 bits per heavy atom. The molecule has 1 saturated heterocycles. The lowest BCUT2D eigenvalue weighted by Crippen LogP contribution is -2.48. The highest BCUT2D eigenvalue weighted by atomic mass is 16.5. The highest BCUT2D eigenvalue weighted by molar-refractivity contribution is 5.92. The fourth-order valence-corrected chi connectivity index (χ4v) is 2.57. The molecule has 1 fully saturated rings. The summed E-state index contributed by atoms with van der Waals surface area (Å²) in [4.78, 5) is 16.6. The van der Waals surface area contributed by atoms with E-state index in [4.69, 9.17) is 4.74 Å². The highest BCUT2D eigenvalue weighted by Crippen LogP contribution is 2.19. The summed E-state index contributed by atoms with van der Waals surface area (Å²) >= 11 is 0. The van der Waals surface area contributed by atoms with E-state index in [0.717, 1.165) is 11.3 Å². The quantitative estimate of drug-likeness (QED) is 0.871. The number of benzene rings is 2. The molecule has 0 radical (unpaired) electrons. The molecule has 3 rings (SSSR count). The van der Waals surface area contributed by atoms with Crippen LogP contribution in [0.15, 0.2) is 60.7 Å². The van der Waals surface area contributed by atoms with Gasteiger partial charge in [-0.2, -0.15) is 0 Å². The maximum absolute atomic E-state index is 12.9. The molecule has 2 amide bonds. The van der Waals surface area contributed by atoms with Gasteiger partial charge in [0, 0.05) is 18.8 Å². The molecule has 0 unspecified atom stereocenters. The summed E-state index contributed by atoms with van der Waals surface area (Å²) < 4.78 is 5.34. The Labute approximate surface area is 130 Å². The molecule has 0 N–H and O–H groups in total. The highest BCUT2D eigenvalue weighted by Gasteiger charge is 2.24. The van der Waals surface area contributed by atoms with Crippen LogP contribution in [0.4, 0.5) is 10.5 Å². The van der Waals surface area contributed by atoms with E-state index in [2.05, 4.69) is 0 Å². The standard InChI is InChI=1S/C18H20N2O2/c21-18(19-11-13-22-14-12-19)20(17-9-5-2-6-10-17)15-16-7-3-1-4-8-16/h1-10H,11-15H2. The van der Waals surface area contributed by atoms with E-state index < -0.39 is 0 Å². The van der Waals surface area contributed by atoms with Gasteiger partial charge in [0.2, 0.25) is 0 Å². The Morgan fingerprint density at radius 1 is 0.955 bits per heavy atom. The van der Waals surface area contributed by atoms with E-state index in [1.165, 1.54) is 0 Å². The summed E-state index contributed by atoms with van der Waals surface area (Å²) in [7, 11) is 0. The van der Waals surface area contributed by atoms with Crippen LogP contribution < -0.4 is 4.90 Å². The van der Waals surface area contributed by atoms with Crippen LogP contribution in [0.5, 0.6) is 0 Å². The van der Waals surface area contributed by atoms with Crippen molar-refractivity contribution in [2.24, 2.45) is 0 Å². The Kier molecular flexibility index (Phi) is 4.71. The predicted octanol–water partition coefficient (Wildman–Crippen LogP) is 3.15. The Bertz CT molecular complexity index is 595. The summed E-state index contributed by atoms with van der Waals surface area (Å²) in [6.07, 6.45) is 0. The average molecular weight is 296 g/mol. The molecule has 4 heteroatoms. The number of nitrogens with zero attached hydrogens (tertiary/aromatic N) is 2. The van der Waals surface area contributed by atoms with Gasteiger partial charge in [-0.15, -0.1) is 0 Å². The first-order valence-electron chi connectivity index (χ1n) is 7.58. The predicted molar refractivity (Wildman–Crippen MR) is 86.9 cm³/mol. The van der Waals surface area contributed by atoms with Crippen molar-refractivity contribution in [3.63, 3.8) is 0 Å². The number of amides is 2. The van der Waals surface area contributed by atoms with Crippen molar-refractivity contribution in [1.82, 2.24) is 4.90 Å². The second-order valence-corrected chi connectivity index (χ2v) is 5.29. The monoisotopic (exact) mass is 296 g/mol. The third-order valence-electron chi connectivity index (χ3n) is 3.76. The number of hydrogen-bond donors (Lipinski definition) is 0. The molecule has 0 atom stereocenters. The van der Waals surface area contributed by atoms with Crippen LogP contribution in [0, 0.1) is 0 Å². The molecule has 0 saturated carbocycles. The minimum atomic E-state index is 0.0401. The third-order valence-corrected chi connectivity index (χ3v) is 3.76. The van der Waals surface area contributed by atoms with E-state index in [1.54, 1.807) is 0 Å². The summed E-state index contributed by atoms with van der Waals surface area (Å²) in [6.45, 7) is 3.09. The van der Waals surface area contributed by atoms with E-state index in [9.17, 15) is 4.79 Å². The molecule has 0 spiro atoms. The number of anilines is 1. The Morgan fingerprint density at radius 3 is 2.18 bits per heavy atom. The fraction of sp³-hybridized carbons (Fsp3) is 0.278. The van der Waals surface area contributed by atoms with Crippen molar-refractivity contribution in [2.45, 2.75) is 6.54 Å². The first kappa shape index (κ1) is 14.6. The first-order valence-corrected chi connectivity index (χ1v) is 7.58. The van der Waals surface area contributed by atoms with Crippen molar-refractivity contribution in [1.29, 1.82) is 0 Å².